The molecule has 1 fully saturated rings. The van der Waals surface area contributed by atoms with Gasteiger partial charge in [-0.3, -0.25) is 0 Å². The van der Waals surface area contributed by atoms with Crippen molar-refractivity contribution in [3.8, 4) is 5.75 Å². The maximum absolute atomic E-state index is 10.6. The lowest BCUT2D eigenvalue weighted by Gasteiger charge is -2.28. The second-order valence-corrected chi connectivity index (χ2v) is 8.01. The first-order valence-electron chi connectivity index (χ1n) is 9.44. The highest BCUT2D eigenvalue weighted by Gasteiger charge is 2.24. The third-order valence-electron chi connectivity index (χ3n) is 5.53. The molecule has 1 saturated carbocycles. The van der Waals surface area contributed by atoms with E-state index in [-0.39, 0.29) is 5.41 Å². The highest BCUT2D eigenvalue weighted by molar-refractivity contribution is 5.42. The summed E-state index contributed by atoms with van der Waals surface area (Å²) in [6.45, 7) is 11.0. The Balaban J connectivity index is 2.07. The molecular formula is C22H34O. The average molecular weight is 315 g/mol. The number of phenols is 1. The zero-order chi connectivity index (χ0) is 16.9. The van der Waals surface area contributed by atoms with Crippen LogP contribution < -0.4 is 0 Å². The third-order valence-corrected chi connectivity index (χ3v) is 5.53. The zero-order valence-corrected chi connectivity index (χ0v) is 15.3. The fourth-order valence-corrected chi connectivity index (χ4v) is 3.86. The van der Waals surface area contributed by atoms with E-state index in [1.807, 2.05) is 6.07 Å². The van der Waals surface area contributed by atoms with Crippen LogP contribution in [0, 0.1) is 0 Å². The number of unbranched alkanes of at least 4 members (excludes halogenated alkanes) is 3. The lowest BCUT2D eigenvalue weighted by molar-refractivity contribution is 0.427. The van der Waals surface area contributed by atoms with Gasteiger partial charge in [-0.2, -0.15) is 0 Å². The molecule has 1 heteroatoms. The summed E-state index contributed by atoms with van der Waals surface area (Å²) in [4.78, 5) is 0. The number of allylic oxidation sites excluding steroid dienone is 1. The van der Waals surface area contributed by atoms with E-state index in [2.05, 4.69) is 39.5 Å². The molecule has 0 aliphatic heterocycles. The molecule has 1 nitrogen and oxygen atoms in total. The van der Waals surface area contributed by atoms with Crippen LogP contribution >= 0.6 is 0 Å². The van der Waals surface area contributed by atoms with Crippen molar-refractivity contribution < 1.29 is 5.11 Å². The smallest absolute Gasteiger partial charge is 0.119 e. The SMILES string of the molecule is C=C1CCCC(c2ccc(C(C)(C)CCCCCC)cc2O)C1. The van der Waals surface area contributed by atoms with Gasteiger partial charge in [-0.25, -0.2) is 0 Å². The predicted molar refractivity (Wildman–Crippen MR) is 100 cm³/mol. The zero-order valence-electron chi connectivity index (χ0n) is 15.3. The molecule has 1 aliphatic rings. The van der Waals surface area contributed by atoms with Crippen LogP contribution in [0.5, 0.6) is 5.75 Å². The molecule has 0 bridgehead atoms. The van der Waals surface area contributed by atoms with Crippen molar-refractivity contribution in [1.82, 2.24) is 0 Å². The Morgan fingerprint density at radius 3 is 2.65 bits per heavy atom. The number of rotatable bonds is 7. The van der Waals surface area contributed by atoms with E-state index in [0.717, 1.165) is 18.4 Å². The molecule has 1 aromatic carbocycles. The van der Waals surface area contributed by atoms with Gasteiger partial charge in [0, 0.05) is 0 Å². The topological polar surface area (TPSA) is 20.2 Å². The van der Waals surface area contributed by atoms with Crippen molar-refractivity contribution in [1.29, 1.82) is 0 Å². The van der Waals surface area contributed by atoms with Gasteiger partial charge in [0.15, 0.2) is 0 Å². The predicted octanol–water partition coefficient (Wildman–Crippen LogP) is 6.85. The van der Waals surface area contributed by atoms with Crippen LogP contribution in [0.15, 0.2) is 30.4 Å². The largest absolute Gasteiger partial charge is 0.508 e. The Morgan fingerprint density at radius 1 is 1.22 bits per heavy atom. The monoisotopic (exact) mass is 314 g/mol. The molecule has 0 radical (unpaired) electrons. The summed E-state index contributed by atoms with van der Waals surface area (Å²) in [5, 5.41) is 10.6. The lowest BCUT2D eigenvalue weighted by Crippen LogP contribution is -2.17. The maximum Gasteiger partial charge on any atom is 0.119 e. The molecule has 0 heterocycles. The van der Waals surface area contributed by atoms with Gasteiger partial charge in [0.05, 0.1) is 0 Å². The second kappa shape index (κ2) is 8.04. The highest BCUT2D eigenvalue weighted by Crippen LogP contribution is 2.41. The van der Waals surface area contributed by atoms with Crippen LogP contribution in [-0.2, 0) is 5.41 Å². The number of hydrogen-bond acceptors (Lipinski definition) is 1. The van der Waals surface area contributed by atoms with Crippen LogP contribution in [0.4, 0.5) is 0 Å². The molecular weight excluding hydrogens is 280 g/mol. The third kappa shape index (κ3) is 4.86. The lowest BCUT2D eigenvalue weighted by atomic mass is 9.77. The summed E-state index contributed by atoms with van der Waals surface area (Å²) in [6, 6.07) is 6.43. The number of aromatic hydroxyl groups is 1. The normalized spacial score (nSPS) is 19.1. The summed E-state index contributed by atoms with van der Waals surface area (Å²) in [6.07, 6.45) is 10.9. The van der Waals surface area contributed by atoms with Gasteiger partial charge in [0.1, 0.15) is 5.75 Å². The van der Waals surface area contributed by atoms with Gasteiger partial charge in [-0.1, -0.05) is 70.7 Å². The molecule has 0 aromatic heterocycles. The van der Waals surface area contributed by atoms with Crippen LogP contribution in [0.3, 0.4) is 0 Å². The fraction of sp³-hybridized carbons (Fsp3) is 0.636. The molecule has 1 atom stereocenters. The molecule has 2 rings (SSSR count). The van der Waals surface area contributed by atoms with Crippen LogP contribution in [0.1, 0.15) is 95.6 Å². The molecule has 1 unspecified atom stereocenters. The summed E-state index contributed by atoms with van der Waals surface area (Å²) in [7, 11) is 0. The van der Waals surface area contributed by atoms with E-state index in [9.17, 15) is 5.11 Å². The van der Waals surface area contributed by atoms with Crippen molar-refractivity contribution in [2.75, 3.05) is 0 Å². The van der Waals surface area contributed by atoms with Gasteiger partial charge < -0.3 is 5.11 Å². The van der Waals surface area contributed by atoms with Crippen LogP contribution in [-0.4, -0.2) is 5.11 Å². The first-order valence-corrected chi connectivity index (χ1v) is 9.44. The Kier molecular flexibility index (Phi) is 6.33. The summed E-state index contributed by atoms with van der Waals surface area (Å²) in [5.41, 5.74) is 3.86. The number of hydrogen-bond donors (Lipinski definition) is 1. The van der Waals surface area contributed by atoms with Gasteiger partial charge in [0.2, 0.25) is 0 Å². The van der Waals surface area contributed by atoms with Crippen molar-refractivity contribution in [2.24, 2.45) is 0 Å². The minimum atomic E-state index is 0.139. The summed E-state index contributed by atoms with van der Waals surface area (Å²) >= 11 is 0. The van der Waals surface area contributed by atoms with Crippen molar-refractivity contribution in [3.05, 3.63) is 41.5 Å². The van der Waals surface area contributed by atoms with E-state index < -0.39 is 0 Å². The van der Waals surface area contributed by atoms with Crippen LogP contribution in [0.25, 0.3) is 0 Å². The Hall–Kier alpha value is -1.24. The minimum Gasteiger partial charge on any atom is -0.508 e. The van der Waals surface area contributed by atoms with E-state index >= 15 is 0 Å². The Labute approximate surface area is 142 Å². The van der Waals surface area contributed by atoms with Crippen molar-refractivity contribution in [3.63, 3.8) is 0 Å². The molecule has 0 saturated heterocycles. The first kappa shape index (κ1) is 18.1. The molecule has 1 aliphatic carbocycles. The Morgan fingerprint density at radius 2 is 2.00 bits per heavy atom. The number of benzene rings is 1. The van der Waals surface area contributed by atoms with E-state index in [1.54, 1.807) is 0 Å². The first-order chi connectivity index (χ1) is 10.9. The number of phenolic OH excluding ortho intramolecular Hbond substituents is 1. The van der Waals surface area contributed by atoms with E-state index in [4.69, 9.17) is 0 Å². The van der Waals surface area contributed by atoms with Gasteiger partial charge >= 0.3 is 0 Å². The van der Waals surface area contributed by atoms with E-state index in [0.29, 0.717) is 11.7 Å². The molecule has 1 aromatic rings. The maximum atomic E-state index is 10.6. The minimum absolute atomic E-state index is 0.139. The van der Waals surface area contributed by atoms with Crippen molar-refractivity contribution >= 4 is 0 Å². The quantitative estimate of drug-likeness (QED) is 0.431. The van der Waals surface area contributed by atoms with Gasteiger partial charge in [-0.15, -0.1) is 0 Å². The van der Waals surface area contributed by atoms with E-state index in [1.165, 1.54) is 56.1 Å². The molecule has 0 amide bonds. The summed E-state index contributed by atoms with van der Waals surface area (Å²) in [5.74, 6) is 0.946. The van der Waals surface area contributed by atoms with Gasteiger partial charge in [0.25, 0.3) is 0 Å². The second-order valence-electron chi connectivity index (χ2n) is 8.01. The average Bonchev–Trinajstić information content (AvgIpc) is 2.51. The fourth-order valence-electron chi connectivity index (χ4n) is 3.86. The molecule has 1 N–H and O–H groups in total. The highest BCUT2D eigenvalue weighted by atomic mass is 16.3. The van der Waals surface area contributed by atoms with Gasteiger partial charge in [-0.05, 0) is 60.6 Å². The van der Waals surface area contributed by atoms with Crippen LogP contribution in [0.2, 0.25) is 0 Å². The Bertz CT molecular complexity index is 527. The standard InChI is InChI=1S/C22H34O/c1-5-6-7-8-14-22(3,4)19-12-13-20(21(23)16-19)18-11-9-10-17(2)15-18/h12-13,16,18,23H,2,5-11,14-15H2,1,3-4H3. The molecule has 0 spiro atoms. The summed E-state index contributed by atoms with van der Waals surface area (Å²) < 4.78 is 0. The molecule has 128 valence electrons. The van der Waals surface area contributed by atoms with Crippen molar-refractivity contribution in [2.45, 2.75) is 89.9 Å². The molecule has 23 heavy (non-hydrogen) atoms.